The molecule has 0 saturated carbocycles. The molecule has 0 fully saturated rings. The summed E-state index contributed by atoms with van der Waals surface area (Å²) in [6.45, 7) is 11.1. The van der Waals surface area contributed by atoms with Crippen molar-refractivity contribution < 1.29 is 9.47 Å². The Balaban J connectivity index is 1.54. The number of rotatable bonds is 7. The zero-order chi connectivity index (χ0) is 23.2. The number of aryl methyl sites for hydroxylation is 1. The van der Waals surface area contributed by atoms with Gasteiger partial charge in [-0.2, -0.15) is 0 Å². The standard InChI is InChI=1S/C24H26N6O2S/c1-5-18(30-24-26-12-16(3)32-24)11-20-17(4)27-14-28-23(20)29-19-6-7-21(15(2)10-19)31-13-22-25-8-9-33-22/h5-11,14,16H,4,12-13H2,1-3H3,(H,26,30)(H,27,28,29)/b18-5+,20-11+. The summed E-state index contributed by atoms with van der Waals surface area (Å²) in [6.07, 6.45) is 7.21. The number of ether oxygens (including phenoxy) is 2. The number of nitrogens with one attached hydrogen (secondary N) is 2. The lowest BCUT2D eigenvalue weighted by Gasteiger charge is -2.12. The van der Waals surface area contributed by atoms with Gasteiger partial charge in [0, 0.05) is 28.2 Å². The fourth-order valence-electron chi connectivity index (χ4n) is 3.19. The summed E-state index contributed by atoms with van der Waals surface area (Å²) in [5.41, 5.74) is 2.70. The van der Waals surface area contributed by atoms with Gasteiger partial charge >= 0.3 is 0 Å². The number of hydrogen-bond donors (Lipinski definition) is 2. The molecule has 8 nitrogen and oxygen atoms in total. The van der Waals surface area contributed by atoms with Crippen LogP contribution >= 0.6 is 11.3 Å². The van der Waals surface area contributed by atoms with Gasteiger partial charge in [-0.15, -0.1) is 11.3 Å². The second kappa shape index (κ2) is 10.3. The van der Waals surface area contributed by atoms with Crippen LogP contribution in [0.25, 0.3) is 12.7 Å². The number of allylic oxidation sites excluding steroid dienone is 2. The second-order valence-corrected chi connectivity index (χ2v) is 8.47. The first kappa shape index (κ1) is 22.5. The summed E-state index contributed by atoms with van der Waals surface area (Å²) in [5, 5.41) is 10.8. The van der Waals surface area contributed by atoms with Gasteiger partial charge in [-0.1, -0.05) is 12.7 Å². The van der Waals surface area contributed by atoms with Crippen molar-refractivity contribution in [1.82, 2.24) is 20.3 Å². The Kier molecular flexibility index (Phi) is 6.99. The summed E-state index contributed by atoms with van der Waals surface area (Å²) in [6, 6.07) is 6.42. The Labute approximate surface area is 196 Å². The molecule has 170 valence electrons. The Morgan fingerprint density at radius 2 is 2.21 bits per heavy atom. The van der Waals surface area contributed by atoms with Crippen LogP contribution in [-0.2, 0) is 11.3 Å². The highest BCUT2D eigenvalue weighted by Crippen LogP contribution is 2.24. The van der Waals surface area contributed by atoms with Crippen molar-refractivity contribution in [3.8, 4) is 5.75 Å². The molecule has 3 heterocycles. The quantitative estimate of drug-likeness (QED) is 0.557. The van der Waals surface area contributed by atoms with E-state index in [1.165, 1.54) is 6.33 Å². The zero-order valence-corrected chi connectivity index (χ0v) is 19.6. The van der Waals surface area contributed by atoms with Crippen molar-refractivity contribution in [3.05, 3.63) is 69.0 Å². The molecule has 33 heavy (non-hydrogen) atoms. The lowest BCUT2D eigenvalue weighted by molar-refractivity contribution is 0.237. The van der Waals surface area contributed by atoms with E-state index in [0.717, 1.165) is 32.9 Å². The number of nitrogens with zero attached hydrogens (tertiary/aromatic N) is 4. The van der Waals surface area contributed by atoms with Gasteiger partial charge in [-0.05, 0) is 50.6 Å². The van der Waals surface area contributed by atoms with Gasteiger partial charge in [-0.3, -0.25) is 0 Å². The van der Waals surface area contributed by atoms with Crippen LogP contribution in [0.5, 0.6) is 5.75 Å². The van der Waals surface area contributed by atoms with Crippen molar-refractivity contribution in [2.75, 3.05) is 11.9 Å². The van der Waals surface area contributed by atoms with E-state index in [9.17, 15) is 0 Å². The maximum absolute atomic E-state index is 5.91. The lowest BCUT2D eigenvalue weighted by atomic mass is 10.2. The number of anilines is 2. The first-order valence-electron chi connectivity index (χ1n) is 10.6. The number of amidine groups is 1. The molecule has 1 aliphatic heterocycles. The number of aliphatic imine (C=N–C) groups is 1. The largest absolute Gasteiger partial charge is 0.486 e. The van der Waals surface area contributed by atoms with E-state index >= 15 is 0 Å². The maximum Gasteiger partial charge on any atom is 0.289 e. The third kappa shape index (κ3) is 5.75. The van der Waals surface area contributed by atoms with Crippen LogP contribution in [0.3, 0.4) is 0 Å². The van der Waals surface area contributed by atoms with Crippen LogP contribution in [0, 0.1) is 6.92 Å². The molecular weight excluding hydrogens is 436 g/mol. The van der Waals surface area contributed by atoms with E-state index < -0.39 is 0 Å². The summed E-state index contributed by atoms with van der Waals surface area (Å²) in [7, 11) is 0. The van der Waals surface area contributed by atoms with Crippen LogP contribution in [0.2, 0.25) is 0 Å². The monoisotopic (exact) mass is 462 g/mol. The highest BCUT2D eigenvalue weighted by atomic mass is 32.1. The third-order valence-corrected chi connectivity index (χ3v) is 5.66. The van der Waals surface area contributed by atoms with Crippen LogP contribution in [0.15, 0.2) is 52.9 Å². The molecule has 9 heteroatoms. The molecule has 1 atom stereocenters. The topological polar surface area (TPSA) is 93.6 Å². The van der Waals surface area contributed by atoms with Crippen LogP contribution in [-0.4, -0.2) is 33.6 Å². The third-order valence-electron chi connectivity index (χ3n) is 4.91. The van der Waals surface area contributed by atoms with Gasteiger partial charge < -0.3 is 20.1 Å². The Hall–Kier alpha value is -3.72. The number of aromatic nitrogens is 3. The minimum absolute atomic E-state index is 0.0723. The average Bonchev–Trinajstić information content (AvgIpc) is 3.46. The van der Waals surface area contributed by atoms with E-state index in [4.69, 9.17) is 9.47 Å². The zero-order valence-electron chi connectivity index (χ0n) is 18.8. The minimum atomic E-state index is 0.0723. The molecule has 2 N–H and O–H groups in total. The molecule has 1 aliphatic rings. The minimum Gasteiger partial charge on any atom is -0.486 e. The lowest BCUT2D eigenvalue weighted by Crippen LogP contribution is -2.32. The number of benzene rings is 1. The molecule has 0 bridgehead atoms. The van der Waals surface area contributed by atoms with E-state index in [2.05, 4.69) is 37.2 Å². The van der Waals surface area contributed by atoms with E-state index in [-0.39, 0.29) is 6.10 Å². The van der Waals surface area contributed by atoms with Crippen LogP contribution < -0.4 is 25.9 Å². The fraction of sp³-hybridized carbons (Fsp3) is 0.250. The van der Waals surface area contributed by atoms with Gasteiger partial charge in [0.25, 0.3) is 6.02 Å². The second-order valence-electron chi connectivity index (χ2n) is 7.49. The first-order valence-corrected chi connectivity index (χ1v) is 11.4. The van der Waals surface area contributed by atoms with E-state index in [0.29, 0.717) is 30.3 Å². The summed E-state index contributed by atoms with van der Waals surface area (Å²) in [4.78, 5) is 17.3. The van der Waals surface area contributed by atoms with Crippen molar-refractivity contribution in [2.24, 2.45) is 4.99 Å². The summed E-state index contributed by atoms with van der Waals surface area (Å²) >= 11 is 1.58. The van der Waals surface area contributed by atoms with Gasteiger partial charge in [0.15, 0.2) is 0 Å². The Morgan fingerprint density at radius 1 is 1.33 bits per heavy atom. The number of thiazole rings is 1. The summed E-state index contributed by atoms with van der Waals surface area (Å²) < 4.78 is 11.6. The van der Waals surface area contributed by atoms with Crippen molar-refractivity contribution in [3.63, 3.8) is 0 Å². The molecule has 3 aromatic rings. The van der Waals surface area contributed by atoms with Crippen LogP contribution in [0.4, 0.5) is 11.5 Å². The molecule has 1 aromatic carbocycles. The average molecular weight is 463 g/mol. The molecule has 2 aromatic heterocycles. The van der Waals surface area contributed by atoms with Crippen molar-refractivity contribution in [1.29, 1.82) is 0 Å². The highest BCUT2D eigenvalue weighted by molar-refractivity contribution is 7.09. The molecule has 4 rings (SSSR count). The maximum atomic E-state index is 5.91. The number of hydrogen-bond acceptors (Lipinski definition) is 9. The molecule has 0 spiro atoms. The van der Waals surface area contributed by atoms with Gasteiger partial charge in [0.1, 0.15) is 35.6 Å². The SMILES string of the molecule is C=c1ncnc(Nc2ccc(OCc3nccs3)c(C)c2)/c1=C/C(=C\C)NC1=NCC(C)O1. The summed E-state index contributed by atoms with van der Waals surface area (Å²) in [5.74, 6) is 1.46. The molecule has 0 saturated heterocycles. The molecule has 0 aliphatic carbocycles. The smallest absolute Gasteiger partial charge is 0.289 e. The normalized spacial score (nSPS) is 16.3. The predicted octanol–water partition coefficient (Wildman–Crippen LogP) is 3.02. The molecule has 0 radical (unpaired) electrons. The molecule has 0 amide bonds. The van der Waals surface area contributed by atoms with Gasteiger partial charge in [-0.25, -0.2) is 19.9 Å². The van der Waals surface area contributed by atoms with Crippen molar-refractivity contribution >= 4 is 41.5 Å². The fourth-order valence-corrected chi connectivity index (χ4v) is 3.72. The molecular formula is C24H26N6O2S. The highest BCUT2D eigenvalue weighted by Gasteiger charge is 2.15. The Morgan fingerprint density at radius 3 is 2.91 bits per heavy atom. The Bertz CT molecular complexity index is 1290. The van der Waals surface area contributed by atoms with Crippen LogP contribution in [0.1, 0.15) is 24.4 Å². The first-order chi connectivity index (χ1) is 16.0. The predicted molar refractivity (Wildman–Crippen MR) is 132 cm³/mol. The molecule has 1 unspecified atom stereocenters. The van der Waals surface area contributed by atoms with Gasteiger partial charge in [0.05, 0.1) is 11.9 Å². The van der Waals surface area contributed by atoms with Crippen molar-refractivity contribution in [2.45, 2.75) is 33.5 Å². The van der Waals surface area contributed by atoms with E-state index in [1.807, 2.05) is 56.5 Å². The van der Waals surface area contributed by atoms with Gasteiger partial charge in [0.2, 0.25) is 0 Å². The van der Waals surface area contributed by atoms with E-state index in [1.54, 1.807) is 17.5 Å².